The third-order valence-electron chi connectivity index (χ3n) is 4.05. The molecule has 132 valence electrons. The van der Waals surface area contributed by atoms with E-state index in [2.05, 4.69) is 10.2 Å². The molecule has 0 spiro atoms. The molecule has 1 aliphatic heterocycles. The molecule has 0 aromatic carbocycles. The Kier molecular flexibility index (Phi) is 4.67. The van der Waals surface area contributed by atoms with Gasteiger partial charge >= 0.3 is 0 Å². The van der Waals surface area contributed by atoms with Crippen LogP contribution in [0.2, 0.25) is 4.34 Å². The van der Waals surface area contributed by atoms with Crippen LogP contribution >= 0.6 is 34.3 Å². The van der Waals surface area contributed by atoms with Gasteiger partial charge in [0.05, 0.1) is 15.1 Å². The molecular weight excluding hydrogens is 402 g/mol. The quantitative estimate of drug-likeness (QED) is 0.641. The molecule has 0 saturated carbocycles. The second-order valence-electron chi connectivity index (χ2n) is 5.68. The summed E-state index contributed by atoms with van der Waals surface area (Å²) in [6.07, 6.45) is 1.57. The summed E-state index contributed by atoms with van der Waals surface area (Å²) in [5.41, 5.74) is 0. The van der Waals surface area contributed by atoms with Crippen molar-refractivity contribution in [3.05, 3.63) is 39.9 Å². The summed E-state index contributed by atoms with van der Waals surface area (Å²) in [6.45, 7) is 0.824. The smallest absolute Gasteiger partial charge is 0.257 e. The summed E-state index contributed by atoms with van der Waals surface area (Å²) in [4.78, 5) is 0.910. The Labute approximate surface area is 158 Å². The van der Waals surface area contributed by atoms with E-state index in [0.29, 0.717) is 29.2 Å². The van der Waals surface area contributed by atoms with Crippen LogP contribution in [-0.2, 0) is 10.0 Å². The van der Waals surface area contributed by atoms with E-state index in [1.165, 1.54) is 15.6 Å². The largest absolute Gasteiger partial charge is 0.420 e. The number of hydrogen-bond donors (Lipinski definition) is 0. The highest BCUT2D eigenvalue weighted by atomic mass is 35.5. The highest BCUT2D eigenvalue weighted by Gasteiger charge is 2.34. The van der Waals surface area contributed by atoms with Crippen LogP contribution in [0.25, 0.3) is 10.8 Å². The molecule has 0 bridgehead atoms. The number of hydrogen-bond acceptors (Lipinski definition) is 7. The standard InChI is InChI=1S/C15H14ClN3O3S3/c16-12-5-6-13(24-12)25(20,21)19-7-1-3-10(9-19)14-17-18-15(22-14)11-4-2-8-23-11/h2,4-6,8,10H,1,3,7,9H2. The molecule has 1 aliphatic rings. The monoisotopic (exact) mass is 415 g/mol. The molecule has 3 aromatic heterocycles. The number of aromatic nitrogens is 2. The normalized spacial score (nSPS) is 19.3. The molecule has 3 aromatic rings. The molecular formula is C15H14ClN3O3S3. The molecule has 1 atom stereocenters. The lowest BCUT2D eigenvalue weighted by Crippen LogP contribution is -2.38. The first-order chi connectivity index (χ1) is 12.0. The molecule has 0 amide bonds. The minimum absolute atomic E-state index is 0.0971. The highest BCUT2D eigenvalue weighted by molar-refractivity contribution is 7.91. The predicted molar refractivity (Wildman–Crippen MR) is 97.7 cm³/mol. The number of piperidine rings is 1. The van der Waals surface area contributed by atoms with Crippen molar-refractivity contribution in [2.75, 3.05) is 13.1 Å². The molecule has 0 radical (unpaired) electrons. The van der Waals surface area contributed by atoms with Gasteiger partial charge in [-0.25, -0.2) is 8.42 Å². The van der Waals surface area contributed by atoms with Gasteiger partial charge in [-0.05, 0) is 36.4 Å². The molecule has 4 rings (SSSR count). The van der Waals surface area contributed by atoms with Gasteiger partial charge in [-0.3, -0.25) is 0 Å². The number of halogens is 1. The van der Waals surface area contributed by atoms with Crippen LogP contribution in [0.4, 0.5) is 0 Å². The third kappa shape index (κ3) is 3.39. The van der Waals surface area contributed by atoms with Crippen molar-refractivity contribution >= 4 is 44.3 Å². The summed E-state index contributed by atoms with van der Waals surface area (Å²) in [5, 5.41) is 10.2. The van der Waals surface area contributed by atoms with E-state index in [4.69, 9.17) is 16.0 Å². The van der Waals surface area contributed by atoms with E-state index < -0.39 is 10.0 Å². The highest BCUT2D eigenvalue weighted by Crippen LogP contribution is 2.34. The average Bonchev–Trinajstić information content (AvgIpc) is 3.35. The maximum absolute atomic E-state index is 12.8. The fourth-order valence-electron chi connectivity index (χ4n) is 2.83. The average molecular weight is 416 g/mol. The van der Waals surface area contributed by atoms with E-state index in [1.807, 2.05) is 17.5 Å². The fraction of sp³-hybridized carbons (Fsp3) is 0.333. The van der Waals surface area contributed by atoms with Crippen LogP contribution in [0, 0.1) is 0 Å². The van der Waals surface area contributed by atoms with Crippen LogP contribution in [0.15, 0.2) is 38.3 Å². The fourth-order valence-corrected chi connectivity index (χ4v) is 6.63. The molecule has 10 heteroatoms. The van der Waals surface area contributed by atoms with Gasteiger partial charge in [0.25, 0.3) is 15.9 Å². The summed E-state index contributed by atoms with van der Waals surface area (Å²) >= 11 is 8.49. The Bertz CT molecular complexity index is 965. The molecule has 6 nitrogen and oxygen atoms in total. The molecule has 1 unspecified atom stereocenters. The zero-order valence-corrected chi connectivity index (χ0v) is 16.2. The minimum atomic E-state index is -3.54. The summed E-state index contributed by atoms with van der Waals surface area (Å²) in [7, 11) is -3.54. The first-order valence-corrected chi connectivity index (χ1v) is 11.2. The Balaban J connectivity index is 1.55. The van der Waals surface area contributed by atoms with Gasteiger partial charge < -0.3 is 4.42 Å². The SMILES string of the molecule is O=S(=O)(c1ccc(Cl)s1)N1CCCC(c2nnc(-c3cccs3)o2)C1. The van der Waals surface area contributed by atoms with Crippen LogP contribution in [-0.4, -0.2) is 36.0 Å². The molecule has 0 N–H and O–H groups in total. The molecule has 0 aliphatic carbocycles. The van der Waals surface area contributed by atoms with Crippen molar-refractivity contribution in [1.82, 2.24) is 14.5 Å². The van der Waals surface area contributed by atoms with Gasteiger partial charge in [-0.1, -0.05) is 17.7 Å². The Morgan fingerprint density at radius 1 is 1.28 bits per heavy atom. The number of rotatable bonds is 4. The first kappa shape index (κ1) is 17.2. The molecule has 1 saturated heterocycles. The van der Waals surface area contributed by atoms with Crippen molar-refractivity contribution in [3.63, 3.8) is 0 Å². The van der Waals surface area contributed by atoms with Gasteiger partial charge in [0.15, 0.2) is 0 Å². The molecule has 1 fully saturated rings. The lowest BCUT2D eigenvalue weighted by Gasteiger charge is -2.29. The van der Waals surface area contributed by atoms with Gasteiger partial charge in [0.2, 0.25) is 5.89 Å². The van der Waals surface area contributed by atoms with Crippen molar-refractivity contribution in [1.29, 1.82) is 0 Å². The van der Waals surface area contributed by atoms with Gasteiger partial charge in [-0.15, -0.1) is 32.9 Å². The van der Waals surface area contributed by atoms with Crippen molar-refractivity contribution < 1.29 is 12.8 Å². The van der Waals surface area contributed by atoms with Crippen LogP contribution in [0.1, 0.15) is 24.7 Å². The minimum Gasteiger partial charge on any atom is -0.420 e. The Morgan fingerprint density at radius 3 is 2.88 bits per heavy atom. The topological polar surface area (TPSA) is 76.3 Å². The lowest BCUT2D eigenvalue weighted by atomic mass is 10.00. The predicted octanol–water partition coefficient (Wildman–Crippen LogP) is 4.08. The second-order valence-corrected chi connectivity index (χ2v) is 10.5. The van der Waals surface area contributed by atoms with Gasteiger partial charge in [0, 0.05) is 13.1 Å². The maximum Gasteiger partial charge on any atom is 0.257 e. The maximum atomic E-state index is 12.8. The van der Waals surface area contributed by atoms with E-state index in [1.54, 1.807) is 12.1 Å². The number of sulfonamides is 1. The second kappa shape index (κ2) is 6.81. The van der Waals surface area contributed by atoms with Crippen LogP contribution < -0.4 is 0 Å². The van der Waals surface area contributed by atoms with Crippen LogP contribution in [0.5, 0.6) is 0 Å². The van der Waals surface area contributed by atoms with E-state index in [0.717, 1.165) is 29.1 Å². The van der Waals surface area contributed by atoms with Crippen molar-refractivity contribution in [3.8, 4) is 10.8 Å². The van der Waals surface area contributed by atoms with Crippen molar-refractivity contribution in [2.45, 2.75) is 23.0 Å². The lowest BCUT2D eigenvalue weighted by molar-refractivity contribution is 0.286. The molecule has 25 heavy (non-hydrogen) atoms. The molecule has 4 heterocycles. The Morgan fingerprint density at radius 2 is 2.16 bits per heavy atom. The first-order valence-electron chi connectivity index (χ1n) is 7.67. The zero-order valence-electron chi connectivity index (χ0n) is 13.0. The number of thiophene rings is 2. The van der Waals surface area contributed by atoms with Gasteiger partial charge in [0.1, 0.15) is 4.21 Å². The Hall–Kier alpha value is -1.26. The van der Waals surface area contributed by atoms with E-state index >= 15 is 0 Å². The number of nitrogens with zero attached hydrogens (tertiary/aromatic N) is 3. The van der Waals surface area contributed by atoms with E-state index in [-0.39, 0.29) is 10.1 Å². The summed E-state index contributed by atoms with van der Waals surface area (Å²) < 4.78 is 33.6. The van der Waals surface area contributed by atoms with Gasteiger partial charge in [-0.2, -0.15) is 4.31 Å². The summed E-state index contributed by atoms with van der Waals surface area (Å²) in [5.74, 6) is 0.878. The van der Waals surface area contributed by atoms with Crippen LogP contribution in [0.3, 0.4) is 0 Å². The van der Waals surface area contributed by atoms with Crippen molar-refractivity contribution in [2.24, 2.45) is 0 Å². The third-order valence-corrected chi connectivity index (χ3v) is 8.47. The zero-order chi connectivity index (χ0) is 17.4. The van der Waals surface area contributed by atoms with E-state index in [9.17, 15) is 8.42 Å². The summed E-state index contributed by atoms with van der Waals surface area (Å²) in [6, 6.07) is 6.99.